The first-order chi connectivity index (χ1) is 17.1. The average Bonchev–Trinajstić information content (AvgIpc) is 2.84. The minimum atomic E-state index is -1.36. The number of nitroso groups, excluding NO2 is 1. The molecule has 36 heavy (non-hydrogen) atoms. The molecule has 2 heterocycles. The van der Waals surface area contributed by atoms with E-state index in [-0.39, 0.29) is 42.5 Å². The summed E-state index contributed by atoms with van der Waals surface area (Å²) in [6.45, 7) is 0.00137. The predicted molar refractivity (Wildman–Crippen MR) is 125 cm³/mol. The lowest BCUT2D eigenvalue weighted by molar-refractivity contribution is -0.140. The van der Waals surface area contributed by atoms with Gasteiger partial charge >= 0.3 is 11.9 Å². The number of anilines is 4. The zero-order valence-electron chi connectivity index (χ0n) is 18.6. The normalized spacial score (nSPS) is 15.4. The molecule has 16 heteroatoms. The molecule has 2 amide bonds. The molecule has 0 bridgehead atoms. The number of nitrogens with one attached hydrogen (secondary N) is 3. The number of nitrogens with two attached hydrogens (primary N) is 1. The van der Waals surface area contributed by atoms with Crippen molar-refractivity contribution in [2.75, 3.05) is 34.0 Å². The summed E-state index contributed by atoms with van der Waals surface area (Å²) >= 11 is 0. The highest BCUT2D eigenvalue weighted by Gasteiger charge is 2.35. The number of amides is 2. The Morgan fingerprint density at radius 1 is 1.28 bits per heavy atom. The molecule has 0 aliphatic carbocycles. The topological polar surface area (TPSA) is 240 Å². The Balaban J connectivity index is 1.68. The molecule has 2 aromatic rings. The average molecular weight is 502 g/mol. The van der Waals surface area contributed by atoms with Crippen LogP contribution in [0.25, 0.3) is 0 Å². The number of H-pyrrole nitrogens is 1. The van der Waals surface area contributed by atoms with Gasteiger partial charge in [-0.2, -0.15) is 4.98 Å². The summed E-state index contributed by atoms with van der Waals surface area (Å²) < 4.78 is 0. The molecule has 16 nitrogen and oxygen atoms in total. The van der Waals surface area contributed by atoms with Crippen LogP contribution in [0.3, 0.4) is 0 Å². The second-order valence-electron chi connectivity index (χ2n) is 7.71. The maximum absolute atomic E-state index is 12.4. The number of carbonyl (C=O) groups is 4. The molecule has 0 fully saturated rings. The van der Waals surface area contributed by atoms with Crippen molar-refractivity contribution in [2.24, 2.45) is 5.29 Å². The van der Waals surface area contributed by atoms with E-state index in [9.17, 15) is 34.0 Å². The second-order valence-corrected chi connectivity index (χ2v) is 7.71. The molecule has 3 rings (SSSR count). The van der Waals surface area contributed by atoms with Gasteiger partial charge in [0.05, 0.1) is 17.9 Å². The van der Waals surface area contributed by atoms with Crippen molar-refractivity contribution in [1.82, 2.24) is 15.3 Å². The Morgan fingerprint density at radius 2 is 1.97 bits per heavy atom. The lowest BCUT2D eigenvalue weighted by Crippen LogP contribution is -2.52. The Hall–Kier alpha value is -5.02. The molecule has 1 aromatic heterocycles. The van der Waals surface area contributed by atoms with Crippen LogP contribution in [-0.2, 0) is 14.4 Å². The Kier molecular flexibility index (Phi) is 7.78. The van der Waals surface area contributed by atoms with Crippen LogP contribution in [0.4, 0.5) is 23.1 Å². The number of aliphatic carboxylic acids is 2. The van der Waals surface area contributed by atoms with Crippen LogP contribution < -0.4 is 31.8 Å². The minimum absolute atomic E-state index is 0.0778. The maximum atomic E-state index is 12.4. The largest absolute Gasteiger partial charge is 0.481 e. The van der Waals surface area contributed by atoms with E-state index < -0.39 is 41.9 Å². The summed E-state index contributed by atoms with van der Waals surface area (Å²) in [6.07, 6.45) is -0.265. The molecule has 0 saturated heterocycles. The third-order valence-corrected chi connectivity index (χ3v) is 5.33. The van der Waals surface area contributed by atoms with Crippen molar-refractivity contribution in [2.45, 2.75) is 24.9 Å². The standard InChI is InChI=1S/C20H22N8O8/c21-20-24-16-15(18(33)25-20)27(9-29)12(8-28(16)26-36)7-22-11-3-1-10(2-4-11)17(32)23-13(19(34)35)5-6-14(30)31/h1-4,9,12-13,22H,5-8H2,(H,23,32)(H,30,31)(H,34,35)(H3,21,24,25,33)/t12-,13-/m0/s1. The number of aromatic nitrogens is 2. The van der Waals surface area contributed by atoms with Crippen LogP contribution in [0.5, 0.6) is 0 Å². The summed E-state index contributed by atoms with van der Waals surface area (Å²) in [5, 5.41) is 27.0. The SMILES string of the molecule is Nc1nc2c(c(=O)[nH]1)N(C=O)[C@@H](CNc1ccc(C(=O)N[C@@H](CCC(=O)O)C(=O)O)cc1)CN2N=O. The Morgan fingerprint density at radius 3 is 2.56 bits per heavy atom. The Bertz CT molecular complexity index is 1230. The van der Waals surface area contributed by atoms with E-state index in [4.69, 9.17) is 10.8 Å². The molecule has 190 valence electrons. The molecule has 0 radical (unpaired) electrons. The van der Waals surface area contributed by atoms with Gasteiger partial charge in [-0.1, -0.05) is 0 Å². The molecule has 0 spiro atoms. The van der Waals surface area contributed by atoms with Gasteiger partial charge in [-0.25, -0.2) is 9.80 Å². The van der Waals surface area contributed by atoms with Crippen LogP contribution in [0.15, 0.2) is 34.3 Å². The highest BCUT2D eigenvalue weighted by molar-refractivity contribution is 5.97. The van der Waals surface area contributed by atoms with Gasteiger partial charge in [0.25, 0.3) is 11.5 Å². The molecular weight excluding hydrogens is 480 g/mol. The van der Waals surface area contributed by atoms with Crippen molar-refractivity contribution in [3.05, 3.63) is 45.1 Å². The van der Waals surface area contributed by atoms with E-state index in [1.54, 1.807) is 0 Å². The van der Waals surface area contributed by atoms with Crippen molar-refractivity contribution in [3.63, 3.8) is 0 Å². The fourth-order valence-electron chi connectivity index (χ4n) is 3.56. The van der Waals surface area contributed by atoms with E-state index in [1.165, 1.54) is 24.3 Å². The number of fused-ring (bicyclic) bond motifs is 1. The first kappa shape index (κ1) is 25.6. The van der Waals surface area contributed by atoms with E-state index in [0.717, 1.165) is 9.91 Å². The number of carboxylic acid groups (broad SMARTS) is 2. The smallest absolute Gasteiger partial charge is 0.326 e. The Labute approximate surface area is 202 Å². The lowest BCUT2D eigenvalue weighted by atomic mass is 10.1. The number of rotatable bonds is 11. The summed E-state index contributed by atoms with van der Waals surface area (Å²) in [7, 11) is 0. The van der Waals surface area contributed by atoms with E-state index >= 15 is 0 Å². The quantitative estimate of drug-likeness (QED) is 0.166. The number of benzene rings is 1. The summed E-state index contributed by atoms with van der Waals surface area (Å²) in [4.78, 5) is 77.0. The summed E-state index contributed by atoms with van der Waals surface area (Å²) in [6, 6.07) is 3.81. The number of carbonyl (C=O) groups excluding carboxylic acids is 2. The maximum Gasteiger partial charge on any atom is 0.326 e. The molecule has 7 N–H and O–H groups in total. The number of nitrogen functional groups attached to an aromatic ring is 1. The number of carboxylic acids is 2. The van der Waals surface area contributed by atoms with Crippen molar-refractivity contribution >= 4 is 47.4 Å². The lowest BCUT2D eigenvalue weighted by Gasteiger charge is -2.36. The van der Waals surface area contributed by atoms with Crippen LogP contribution >= 0.6 is 0 Å². The predicted octanol–water partition coefficient (Wildman–Crippen LogP) is -0.655. The zero-order chi connectivity index (χ0) is 26.4. The van der Waals surface area contributed by atoms with Crippen LogP contribution in [0.1, 0.15) is 23.2 Å². The molecular formula is C20H22N8O8. The first-order valence-corrected chi connectivity index (χ1v) is 10.5. The van der Waals surface area contributed by atoms with Crippen molar-refractivity contribution in [3.8, 4) is 0 Å². The monoisotopic (exact) mass is 502 g/mol. The van der Waals surface area contributed by atoms with E-state index in [0.29, 0.717) is 12.1 Å². The van der Waals surface area contributed by atoms with Gasteiger partial charge in [0.15, 0.2) is 11.5 Å². The fraction of sp³-hybridized carbons (Fsp3) is 0.300. The highest BCUT2D eigenvalue weighted by Crippen LogP contribution is 2.30. The first-order valence-electron chi connectivity index (χ1n) is 10.5. The third-order valence-electron chi connectivity index (χ3n) is 5.33. The van der Waals surface area contributed by atoms with Crippen molar-refractivity contribution < 1.29 is 29.4 Å². The van der Waals surface area contributed by atoms with E-state index in [1.807, 2.05) is 0 Å². The minimum Gasteiger partial charge on any atom is -0.481 e. The summed E-state index contributed by atoms with van der Waals surface area (Å²) in [5.41, 5.74) is 5.27. The molecule has 1 aromatic carbocycles. The van der Waals surface area contributed by atoms with Gasteiger partial charge in [-0.05, 0) is 30.7 Å². The number of hydrogen-bond donors (Lipinski definition) is 6. The summed E-state index contributed by atoms with van der Waals surface area (Å²) in [5.74, 6) is -3.62. The zero-order valence-corrected chi connectivity index (χ0v) is 18.6. The van der Waals surface area contributed by atoms with E-state index in [2.05, 4.69) is 25.9 Å². The number of aromatic amines is 1. The highest BCUT2D eigenvalue weighted by atomic mass is 16.4. The fourth-order valence-corrected chi connectivity index (χ4v) is 3.56. The van der Waals surface area contributed by atoms with Crippen LogP contribution in [-0.4, -0.2) is 69.6 Å². The van der Waals surface area contributed by atoms with Gasteiger partial charge in [0.1, 0.15) is 6.04 Å². The van der Waals surface area contributed by atoms with Gasteiger partial charge in [0.2, 0.25) is 12.4 Å². The van der Waals surface area contributed by atoms with Crippen LogP contribution in [0, 0.1) is 4.91 Å². The van der Waals surface area contributed by atoms with Gasteiger partial charge < -0.3 is 31.5 Å². The molecule has 1 aliphatic heterocycles. The number of nitrogens with zero attached hydrogens (tertiary/aromatic N) is 4. The third kappa shape index (κ3) is 5.72. The molecule has 2 atom stereocenters. The molecule has 1 aliphatic rings. The van der Waals surface area contributed by atoms with Gasteiger partial charge in [-0.3, -0.25) is 24.2 Å². The molecule has 0 unspecified atom stereocenters. The van der Waals surface area contributed by atoms with Gasteiger partial charge in [0, 0.05) is 24.2 Å². The second kappa shape index (κ2) is 10.9. The molecule has 0 saturated carbocycles. The van der Waals surface area contributed by atoms with Gasteiger partial charge in [-0.15, -0.1) is 4.91 Å². The number of hydrogen-bond acceptors (Lipinski definition) is 10. The van der Waals surface area contributed by atoms with Crippen LogP contribution in [0.2, 0.25) is 0 Å². The van der Waals surface area contributed by atoms with Crippen molar-refractivity contribution in [1.29, 1.82) is 0 Å².